The van der Waals surface area contributed by atoms with Crippen molar-refractivity contribution in [3.8, 4) is 0 Å². The molecule has 2 aliphatic carbocycles. The Balaban J connectivity index is 1.39. The first-order valence-corrected chi connectivity index (χ1v) is 10.3. The van der Waals surface area contributed by atoms with E-state index in [2.05, 4.69) is 5.32 Å². The quantitative estimate of drug-likeness (QED) is 0.831. The number of ether oxygens (including phenoxy) is 1. The molecule has 0 bridgehead atoms. The van der Waals surface area contributed by atoms with Gasteiger partial charge < -0.3 is 19.7 Å². The monoisotopic (exact) mass is 388 g/mol. The van der Waals surface area contributed by atoms with E-state index in [0.29, 0.717) is 22.5 Å². The van der Waals surface area contributed by atoms with Gasteiger partial charge in [-0.25, -0.2) is 0 Å². The SMILES string of the molecule is O=C(NCC1(O)CCCC2(CC2)C1)c1cn(C2CCO2)c2cccc(Cl)c12. The lowest BCUT2D eigenvalue weighted by Crippen LogP contribution is -2.46. The highest BCUT2D eigenvalue weighted by Gasteiger charge is 2.50. The van der Waals surface area contributed by atoms with Crippen LogP contribution in [0.3, 0.4) is 0 Å². The molecular formula is C21H25ClN2O3. The number of nitrogens with one attached hydrogen (secondary N) is 1. The Kier molecular flexibility index (Phi) is 4.04. The predicted molar refractivity (Wildman–Crippen MR) is 104 cm³/mol. The summed E-state index contributed by atoms with van der Waals surface area (Å²) in [6.45, 7) is 1.03. The first kappa shape index (κ1) is 17.5. The minimum atomic E-state index is -0.788. The van der Waals surface area contributed by atoms with Crippen LogP contribution in [0.2, 0.25) is 5.02 Å². The Bertz CT molecular complexity index is 900. The molecule has 27 heavy (non-hydrogen) atoms. The number of aliphatic hydroxyl groups is 1. The van der Waals surface area contributed by atoms with Crippen molar-refractivity contribution in [1.29, 1.82) is 0 Å². The lowest BCUT2D eigenvalue weighted by atomic mass is 9.76. The Labute approximate surface area is 163 Å². The Morgan fingerprint density at radius 2 is 2.15 bits per heavy atom. The first-order chi connectivity index (χ1) is 13.0. The normalized spacial score (nSPS) is 28.9. The predicted octanol–water partition coefficient (Wildman–Crippen LogP) is 4.03. The van der Waals surface area contributed by atoms with Crippen LogP contribution in [0.25, 0.3) is 10.9 Å². The maximum absolute atomic E-state index is 13.0. The van der Waals surface area contributed by atoms with Gasteiger partial charge >= 0.3 is 0 Å². The summed E-state index contributed by atoms with van der Waals surface area (Å²) in [6, 6.07) is 5.66. The Morgan fingerprint density at radius 1 is 1.33 bits per heavy atom. The summed E-state index contributed by atoms with van der Waals surface area (Å²) < 4.78 is 7.60. The van der Waals surface area contributed by atoms with Crippen molar-refractivity contribution in [2.24, 2.45) is 5.41 Å². The van der Waals surface area contributed by atoms with E-state index in [1.165, 1.54) is 19.3 Å². The van der Waals surface area contributed by atoms with Crippen molar-refractivity contribution in [1.82, 2.24) is 9.88 Å². The van der Waals surface area contributed by atoms with E-state index in [9.17, 15) is 9.90 Å². The van der Waals surface area contributed by atoms with Gasteiger partial charge in [0.1, 0.15) is 6.23 Å². The number of rotatable bonds is 4. The third kappa shape index (κ3) is 3.06. The molecule has 6 heteroatoms. The third-order valence-electron chi connectivity index (χ3n) is 6.63. The number of aromatic nitrogens is 1. The summed E-state index contributed by atoms with van der Waals surface area (Å²) in [4.78, 5) is 13.0. The molecular weight excluding hydrogens is 364 g/mol. The van der Waals surface area contributed by atoms with Gasteiger partial charge in [0.25, 0.3) is 5.91 Å². The summed E-state index contributed by atoms with van der Waals surface area (Å²) in [7, 11) is 0. The molecule has 1 amide bonds. The van der Waals surface area contributed by atoms with Gasteiger partial charge in [-0.3, -0.25) is 4.79 Å². The van der Waals surface area contributed by atoms with Crippen LogP contribution in [0.1, 0.15) is 61.5 Å². The second-order valence-electron chi connectivity index (χ2n) is 8.64. The Hall–Kier alpha value is -1.56. The van der Waals surface area contributed by atoms with E-state index in [1.807, 2.05) is 22.9 Å². The second-order valence-corrected chi connectivity index (χ2v) is 9.04. The molecule has 2 atom stereocenters. The molecule has 1 saturated heterocycles. The summed E-state index contributed by atoms with van der Waals surface area (Å²) in [5.41, 5.74) is 1.01. The molecule has 2 heterocycles. The van der Waals surface area contributed by atoms with E-state index >= 15 is 0 Å². The van der Waals surface area contributed by atoms with Crippen molar-refractivity contribution in [3.63, 3.8) is 0 Å². The fourth-order valence-electron chi connectivity index (χ4n) is 4.88. The molecule has 1 aromatic carbocycles. The summed E-state index contributed by atoms with van der Waals surface area (Å²) in [5, 5.41) is 15.3. The molecule has 3 fully saturated rings. The van der Waals surface area contributed by atoms with Crippen molar-refractivity contribution in [2.75, 3.05) is 13.2 Å². The van der Waals surface area contributed by atoms with Crippen LogP contribution in [-0.2, 0) is 4.74 Å². The number of fused-ring (bicyclic) bond motifs is 1. The summed E-state index contributed by atoms with van der Waals surface area (Å²) in [5.74, 6) is -0.185. The number of carbonyl (C=O) groups excluding carboxylic acids is 1. The number of benzene rings is 1. The van der Waals surface area contributed by atoms with Crippen LogP contribution >= 0.6 is 11.6 Å². The van der Waals surface area contributed by atoms with E-state index in [-0.39, 0.29) is 12.1 Å². The molecule has 1 aliphatic heterocycles. The maximum atomic E-state index is 13.0. The van der Waals surface area contributed by atoms with Gasteiger partial charge in [0.05, 0.1) is 28.3 Å². The lowest BCUT2D eigenvalue weighted by molar-refractivity contribution is -0.0968. The average molecular weight is 389 g/mol. The van der Waals surface area contributed by atoms with Gasteiger partial charge in [-0.2, -0.15) is 0 Å². The van der Waals surface area contributed by atoms with Crippen molar-refractivity contribution in [3.05, 3.63) is 35.0 Å². The Morgan fingerprint density at radius 3 is 2.85 bits per heavy atom. The van der Waals surface area contributed by atoms with Crippen LogP contribution in [0.5, 0.6) is 0 Å². The van der Waals surface area contributed by atoms with Crippen LogP contribution in [-0.4, -0.2) is 34.3 Å². The maximum Gasteiger partial charge on any atom is 0.253 e. The van der Waals surface area contributed by atoms with Crippen LogP contribution in [0.15, 0.2) is 24.4 Å². The number of hydrogen-bond donors (Lipinski definition) is 2. The highest BCUT2D eigenvalue weighted by molar-refractivity contribution is 6.36. The number of hydrogen-bond acceptors (Lipinski definition) is 3. The zero-order valence-electron chi connectivity index (χ0n) is 15.3. The number of carbonyl (C=O) groups is 1. The zero-order chi connectivity index (χ0) is 18.6. The van der Waals surface area contributed by atoms with Crippen molar-refractivity contribution >= 4 is 28.4 Å². The van der Waals surface area contributed by atoms with Gasteiger partial charge in [0, 0.05) is 24.5 Å². The largest absolute Gasteiger partial charge is 0.388 e. The first-order valence-electron chi connectivity index (χ1n) is 9.90. The molecule has 0 radical (unpaired) electrons. The second kappa shape index (κ2) is 6.23. The minimum Gasteiger partial charge on any atom is -0.388 e. The molecule has 2 aromatic rings. The molecule has 5 nitrogen and oxygen atoms in total. The van der Waals surface area contributed by atoms with E-state index in [0.717, 1.165) is 43.2 Å². The topological polar surface area (TPSA) is 63.5 Å². The number of amides is 1. The van der Waals surface area contributed by atoms with Gasteiger partial charge in [-0.15, -0.1) is 0 Å². The van der Waals surface area contributed by atoms with Gasteiger partial charge in [-0.1, -0.05) is 17.7 Å². The van der Waals surface area contributed by atoms with Gasteiger partial charge in [0.15, 0.2) is 0 Å². The molecule has 1 spiro atoms. The van der Waals surface area contributed by atoms with Crippen molar-refractivity contribution in [2.45, 2.75) is 56.8 Å². The lowest BCUT2D eigenvalue weighted by Gasteiger charge is -2.37. The van der Waals surface area contributed by atoms with E-state index in [4.69, 9.17) is 16.3 Å². The molecule has 5 rings (SSSR count). The number of nitrogens with zero attached hydrogens (tertiary/aromatic N) is 1. The highest BCUT2D eigenvalue weighted by atomic mass is 35.5. The third-order valence-corrected chi connectivity index (χ3v) is 6.94. The fourth-order valence-corrected chi connectivity index (χ4v) is 5.15. The standard InChI is InChI=1S/C21H25ClN2O3/c22-15-3-1-4-16-18(15)14(11-24(16)17-5-10-27-17)19(25)23-13-21(26)7-2-6-20(12-21)8-9-20/h1,3-4,11,17,26H,2,5-10,12-13H2,(H,23,25). The van der Waals surface area contributed by atoms with E-state index in [1.54, 1.807) is 6.07 Å². The average Bonchev–Trinajstić information content (AvgIpc) is 3.21. The minimum absolute atomic E-state index is 0.0373. The molecule has 3 aliphatic rings. The van der Waals surface area contributed by atoms with Crippen LogP contribution < -0.4 is 5.32 Å². The molecule has 2 N–H and O–H groups in total. The summed E-state index contributed by atoms with van der Waals surface area (Å²) in [6.07, 6.45) is 8.98. The van der Waals surface area contributed by atoms with Crippen molar-refractivity contribution < 1.29 is 14.6 Å². The van der Waals surface area contributed by atoms with Crippen LogP contribution in [0, 0.1) is 5.41 Å². The molecule has 144 valence electrons. The number of halogens is 1. The van der Waals surface area contributed by atoms with Gasteiger partial charge in [0.2, 0.25) is 0 Å². The highest BCUT2D eigenvalue weighted by Crippen LogP contribution is 2.58. The smallest absolute Gasteiger partial charge is 0.253 e. The zero-order valence-corrected chi connectivity index (χ0v) is 16.1. The molecule has 2 unspecified atom stereocenters. The van der Waals surface area contributed by atoms with Crippen LogP contribution in [0.4, 0.5) is 0 Å². The fraction of sp³-hybridized carbons (Fsp3) is 0.571. The van der Waals surface area contributed by atoms with E-state index < -0.39 is 5.60 Å². The summed E-state index contributed by atoms with van der Waals surface area (Å²) >= 11 is 6.42. The molecule has 1 aromatic heterocycles. The molecule has 2 saturated carbocycles. The van der Waals surface area contributed by atoms with Gasteiger partial charge in [-0.05, 0) is 56.1 Å².